The van der Waals surface area contributed by atoms with Gasteiger partial charge in [-0.15, -0.1) is 11.6 Å². The van der Waals surface area contributed by atoms with E-state index in [4.69, 9.17) is 23.1 Å². The van der Waals surface area contributed by atoms with Crippen LogP contribution in [0.2, 0.25) is 13.6 Å². The molecule has 1 fully saturated rings. The molecule has 0 radical (unpaired) electrons. The average molecular weight is 1350 g/mol. The van der Waals surface area contributed by atoms with Crippen molar-refractivity contribution < 1.29 is 34.0 Å². The number of imide groups is 1. The first-order valence-corrected chi connectivity index (χ1v) is 34.6. The third kappa shape index (κ3) is 23.8. The zero-order valence-corrected chi connectivity index (χ0v) is 58.3. The Balaban J connectivity index is 0.000000192. The van der Waals surface area contributed by atoms with E-state index in [2.05, 4.69) is 76.4 Å². The third-order valence-electron chi connectivity index (χ3n) is 17.5. The second-order valence-corrected chi connectivity index (χ2v) is 26.1. The van der Waals surface area contributed by atoms with Gasteiger partial charge in [0.05, 0.1) is 11.1 Å². The van der Waals surface area contributed by atoms with E-state index in [0.717, 1.165) is 131 Å². The number of carbonyl (C=O) groups excluding carboxylic acids is 5. The lowest BCUT2D eigenvalue weighted by Crippen LogP contribution is -2.39. The Hall–Kier alpha value is -6.95. The van der Waals surface area contributed by atoms with Crippen LogP contribution in [0.5, 0.6) is 0 Å². The normalized spacial score (nSPS) is 15.0. The molecule has 0 aliphatic carbocycles. The molecule has 6 aromatic carbocycles. The highest BCUT2D eigenvalue weighted by Crippen LogP contribution is 2.31. The summed E-state index contributed by atoms with van der Waals surface area (Å²) >= 11 is 8.87. The fourth-order valence-corrected chi connectivity index (χ4v) is 11.8. The van der Waals surface area contributed by atoms with Gasteiger partial charge < -0.3 is 41.4 Å². The average Bonchev–Trinajstić information content (AvgIpc) is 1.66. The number of hydrogen-bond acceptors (Lipinski definition) is 12. The van der Waals surface area contributed by atoms with Crippen LogP contribution in [0, 0.1) is 33.6 Å². The van der Waals surface area contributed by atoms with Gasteiger partial charge in [0.25, 0.3) is 11.8 Å². The van der Waals surface area contributed by atoms with Crippen LogP contribution in [-0.4, -0.2) is 136 Å². The summed E-state index contributed by atoms with van der Waals surface area (Å²) in [5, 5.41) is 22.8. The molecule has 6 aromatic rings. The number of amides is 3. The number of Topliss-reactive ketones (excluding diaryl/α,β-unsaturated/α-hetero) is 2. The van der Waals surface area contributed by atoms with Crippen molar-refractivity contribution in [3.8, 4) is 0 Å². The molecule has 7 N–H and O–H groups in total. The topological polar surface area (TPSA) is 203 Å². The first-order chi connectivity index (χ1) is 44.6. The minimum atomic E-state index is -0.362. The SMILES string of the molecule is CB(O)N1CC=C(c2cccc(N)c2)CC1.CB(O)N1CC=C(c2cccc(N)c2)CC1.Cc1ccc(C(=O)CCCCl)cc1C.Cc1ccc(C(=O)CCCN2CCC(c3cccc(NC(=O)C(C)C)c3)CC2)cc1C.O=C1c2ccccc2C(=O)N1CCCCBr. The van der Waals surface area contributed by atoms with Crippen LogP contribution in [-0.2, 0) is 4.79 Å². The van der Waals surface area contributed by atoms with Crippen molar-refractivity contribution in [3.63, 3.8) is 0 Å². The number of ketones is 2. The van der Waals surface area contributed by atoms with Crippen LogP contribution in [0.1, 0.15) is 164 Å². The molecule has 0 atom stereocenters. The van der Waals surface area contributed by atoms with Gasteiger partial charge in [-0.3, -0.25) is 28.9 Å². The monoisotopic (exact) mass is 1340 g/mol. The number of unbranched alkanes of at least 4 members (excludes halogenated alkanes) is 1. The standard InChI is InChI=1S/C27H36N2O2.2C12H17BN2O.C12H12BrNO2.C12H15ClO/c1-19(2)27(31)28-25-8-5-7-23(18-25)22-12-15-29(16-13-22)14-6-9-26(30)24-11-10-20(3)21(4)17-24;2*1-13(16)15-7-5-10(6-8-15)11-3-2-4-12(14)9-11;13-7-3-4-8-14-11(15)9-5-1-2-6-10(9)12(14)16;1-9-5-6-11(8-10(9)2)12(14)4-3-7-13/h5,7-8,10-11,17-19,22H,6,9,12-16H2,1-4H3,(H,28,31);2*2-5,9,16H,6-8,14H2,1H3;1-2,5-6H,3-4,7-8H2;5-6,8H,3-4,7H2,1-2H3. The second kappa shape index (κ2) is 38.4. The number of fused-ring (bicyclic) bond motifs is 1. The van der Waals surface area contributed by atoms with Crippen LogP contribution >= 0.6 is 27.5 Å². The number of piperidine rings is 1. The minimum absolute atomic E-state index is 0.0196. The zero-order valence-electron chi connectivity index (χ0n) is 55.9. The maximum atomic E-state index is 12.5. The van der Waals surface area contributed by atoms with Crippen molar-refractivity contribution in [2.75, 3.05) is 80.4 Å². The van der Waals surface area contributed by atoms with E-state index < -0.39 is 0 Å². The first kappa shape index (κ1) is 75.1. The molecule has 14 nitrogen and oxygen atoms in total. The molecule has 3 amide bonds. The van der Waals surface area contributed by atoms with Gasteiger partial charge in [0, 0.05) is 77.8 Å². The van der Waals surface area contributed by atoms with E-state index in [9.17, 15) is 34.0 Å². The summed E-state index contributed by atoms with van der Waals surface area (Å²) in [5.41, 5.74) is 27.9. The number of likely N-dealkylation sites (tertiary alicyclic amines) is 1. The highest BCUT2D eigenvalue weighted by molar-refractivity contribution is 9.09. The number of hydrogen-bond donors (Lipinski definition) is 5. The van der Waals surface area contributed by atoms with Crippen LogP contribution in [0.4, 0.5) is 17.1 Å². The molecular weight excluding hydrogens is 1250 g/mol. The molecule has 0 unspecified atom stereocenters. The van der Waals surface area contributed by atoms with Gasteiger partial charge >= 0.3 is 14.1 Å². The number of alkyl halides is 2. The quantitative estimate of drug-likeness (QED) is 0.0121. The van der Waals surface area contributed by atoms with Crippen molar-refractivity contribution in [1.29, 1.82) is 0 Å². The number of rotatable bonds is 20. The number of anilines is 3. The van der Waals surface area contributed by atoms with Gasteiger partial charge in [0.15, 0.2) is 11.6 Å². The van der Waals surface area contributed by atoms with Gasteiger partial charge in [-0.1, -0.05) is 115 Å². The zero-order chi connectivity index (χ0) is 67.6. The molecular formula is C75H97B2BrClN7O7. The number of nitrogens with one attached hydrogen (secondary N) is 1. The van der Waals surface area contributed by atoms with E-state index in [1.54, 1.807) is 37.9 Å². The highest BCUT2D eigenvalue weighted by Gasteiger charge is 2.34. The predicted octanol–water partition coefficient (Wildman–Crippen LogP) is 14.6. The van der Waals surface area contributed by atoms with Crippen molar-refractivity contribution >= 4 is 99.1 Å². The minimum Gasteiger partial charge on any atom is -0.437 e. The molecule has 93 heavy (non-hydrogen) atoms. The summed E-state index contributed by atoms with van der Waals surface area (Å²) in [6.45, 7) is 22.7. The lowest BCUT2D eigenvalue weighted by Gasteiger charge is -2.32. The smallest absolute Gasteiger partial charge is 0.376 e. The fraction of sp³-hybridized carbons (Fsp3) is 0.400. The van der Waals surface area contributed by atoms with Crippen LogP contribution in [0.25, 0.3) is 11.1 Å². The number of aryl methyl sites for hydroxylation is 4. The molecule has 494 valence electrons. The number of nitrogens with two attached hydrogens (primary N) is 2. The van der Waals surface area contributed by atoms with E-state index in [1.165, 1.54) is 55.0 Å². The molecule has 0 saturated carbocycles. The molecule has 0 aromatic heterocycles. The van der Waals surface area contributed by atoms with Gasteiger partial charge in [-0.05, 0) is 242 Å². The Morgan fingerprint density at radius 2 is 1.10 bits per heavy atom. The van der Waals surface area contributed by atoms with E-state index in [1.807, 2.05) is 122 Å². The van der Waals surface area contributed by atoms with Crippen molar-refractivity contribution in [2.24, 2.45) is 5.92 Å². The number of benzene rings is 6. The second-order valence-electron chi connectivity index (χ2n) is 24.9. The van der Waals surface area contributed by atoms with E-state index >= 15 is 0 Å². The summed E-state index contributed by atoms with van der Waals surface area (Å²) in [4.78, 5) is 67.8. The number of carbonyl (C=O) groups is 5. The summed E-state index contributed by atoms with van der Waals surface area (Å²) in [7, 11) is -0.725. The van der Waals surface area contributed by atoms with Crippen LogP contribution < -0.4 is 16.8 Å². The first-order valence-electron chi connectivity index (χ1n) is 32.9. The van der Waals surface area contributed by atoms with Crippen molar-refractivity contribution in [2.45, 2.75) is 125 Å². The van der Waals surface area contributed by atoms with Gasteiger partial charge in [0.2, 0.25) is 5.91 Å². The number of halogens is 2. The molecule has 10 rings (SSSR count). The molecule has 1 saturated heterocycles. The number of nitrogens with zero attached hydrogens (tertiary/aromatic N) is 4. The van der Waals surface area contributed by atoms with Crippen LogP contribution in [0.15, 0.2) is 146 Å². The Kier molecular flexibility index (Phi) is 31.0. The molecule has 4 aliphatic heterocycles. The maximum absolute atomic E-state index is 12.5. The summed E-state index contributed by atoms with van der Waals surface area (Å²) in [6, 6.07) is 43.0. The molecule has 18 heteroatoms. The highest BCUT2D eigenvalue weighted by atomic mass is 79.9. The lowest BCUT2D eigenvalue weighted by molar-refractivity contribution is -0.118. The van der Waals surface area contributed by atoms with Crippen molar-refractivity contribution in [1.82, 2.24) is 19.4 Å². The predicted molar refractivity (Wildman–Crippen MR) is 391 cm³/mol. The largest absolute Gasteiger partial charge is 0.437 e. The maximum Gasteiger partial charge on any atom is 0.376 e. The Morgan fingerprint density at radius 1 is 0.602 bits per heavy atom. The van der Waals surface area contributed by atoms with E-state index in [-0.39, 0.29) is 49.3 Å². The Morgan fingerprint density at radius 3 is 1.53 bits per heavy atom. The summed E-state index contributed by atoms with van der Waals surface area (Å²) in [6.07, 6.45) is 13.1. The summed E-state index contributed by atoms with van der Waals surface area (Å²) < 4.78 is 0. The van der Waals surface area contributed by atoms with Crippen molar-refractivity contribution in [3.05, 3.63) is 207 Å². The van der Waals surface area contributed by atoms with E-state index in [0.29, 0.717) is 42.3 Å². The Labute approximate surface area is 567 Å². The molecule has 0 spiro atoms. The molecule has 4 heterocycles. The lowest BCUT2D eigenvalue weighted by atomic mass is 9.82. The fourth-order valence-electron chi connectivity index (χ4n) is 11.3. The summed E-state index contributed by atoms with van der Waals surface area (Å²) in [5.74, 6) is 1.24. The van der Waals surface area contributed by atoms with Gasteiger partial charge in [-0.25, -0.2) is 0 Å². The van der Waals surface area contributed by atoms with Gasteiger partial charge in [-0.2, -0.15) is 0 Å². The third-order valence-corrected chi connectivity index (χ3v) is 18.3. The van der Waals surface area contributed by atoms with Crippen LogP contribution in [0.3, 0.4) is 0 Å². The Bertz CT molecular complexity index is 3400. The number of nitrogen functional groups attached to an aromatic ring is 2. The molecule has 0 bridgehead atoms. The van der Waals surface area contributed by atoms with Gasteiger partial charge in [0.1, 0.15) is 0 Å². The molecule has 4 aliphatic rings.